The van der Waals surface area contributed by atoms with E-state index in [4.69, 9.17) is 4.74 Å². The SMILES string of the molecule is CCOc1cc(=O)n2nc(C)sc2n1. The number of hydrogen-bond donors (Lipinski definition) is 0. The lowest BCUT2D eigenvalue weighted by Gasteiger charge is -1.99. The van der Waals surface area contributed by atoms with E-state index in [-0.39, 0.29) is 5.56 Å². The Morgan fingerprint density at radius 1 is 1.64 bits per heavy atom. The Hall–Kier alpha value is -1.43. The van der Waals surface area contributed by atoms with Crippen molar-refractivity contribution in [3.63, 3.8) is 0 Å². The van der Waals surface area contributed by atoms with Crippen LogP contribution in [0.25, 0.3) is 4.96 Å². The summed E-state index contributed by atoms with van der Waals surface area (Å²) in [5.41, 5.74) is -0.206. The summed E-state index contributed by atoms with van der Waals surface area (Å²) in [5.74, 6) is 0.362. The molecule has 0 fully saturated rings. The fraction of sp³-hybridized carbons (Fsp3) is 0.375. The lowest BCUT2D eigenvalue weighted by atomic mass is 10.6. The first kappa shape index (κ1) is 9.14. The van der Waals surface area contributed by atoms with Crippen molar-refractivity contribution in [3.05, 3.63) is 21.4 Å². The minimum Gasteiger partial charge on any atom is -0.478 e. The lowest BCUT2D eigenvalue weighted by molar-refractivity contribution is 0.326. The Morgan fingerprint density at radius 2 is 2.43 bits per heavy atom. The molecule has 14 heavy (non-hydrogen) atoms. The third-order valence-electron chi connectivity index (χ3n) is 1.61. The molecule has 0 spiro atoms. The second kappa shape index (κ2) is 3.38. The van der Waals surface area contributed by atoms with Gasteiger partial charge in [-0.15, -0.1) is 0 Å². The van der Waals surface area contributed by atoms with Crippen LogP contribution in [0.3, 0.4) is 0 Å². The summed E-state index contributed by atoms with van der Waals surface area (Å²) in [7, 11) is 0. The van der Waals surface area contributed by atoms with E-state index in [0.717, 1.165) is 5.01 Å². The maximum Gasteiger partial charge on any atom is 0.278 e. The third kappa shape index (κ3) is 1.48. The van der Waals surface area contributed by atoms with E-state index in [0.29, 0.717) is 17.4 Å². The number of aryl methyl sites for hydroxylation is 1. The predicted octanol–water partition coefficient (Wildman–Crippen LogP) is 0.858. The maximum atomic E-state index is 11.5. The van der Waals surface area contributed by atoms with Crippen molar-refractivity contribution in [2.45, 2.75) is 13.8 Å². The van der Waals surface area contributed by atoms with Crippen molar-refractivity contribution in [2.24, 2.45) is 0 Å². The highest BCUT2D eigenvalue weighted by Gasteiger charge is 2.06. The van der Waals surface area contributed by atoms with Crippen LogP contribution in [-0.4, -0.2) is 21.2 Å². The summed E-state index contributed by atoms with van der Waals surface area (Å²) < 4.78 is 6.44. The highest BCUT2D eigenvalue weighted by atomic mass is 32.1. The molecule has 0 aliphatic carbocycles. The molecule has 6 heteroatoms. The van der Waals surface area contributed by atoms with Crippen LogP contribution in [0.1, 0.15) is 11.9 Å². The van der Waals surface area contributed by atoms with Gasteiger partial charge < -0.3 is 4.74 Å². The average Bonchev–Trinajstić information content (AvgIpc) is 2.47. The van der Waals surface area contributed by atoms with Crippen LogP contribution in [0.15, 0.2) is 10.9 Å². The third-order valence-corrected chi connectivity index (χ3v) is 2.44. The number of aromatic nitrogens is 3. The van der Waals surface area contributed by atoms with Crippen LogP contribution < -0.4 is 10.3 Å². The Morgan fingerprint density at radius 3 is 3.14 bits per heavy atom. The summed E-state index contributed by atoms with van der Waals surface area (Å²) in [6, 6.07) is 1.34. The van der Waals surface area contributed by atoms with Gasteiger partial charge in [0.25, 0.3) is 5.56 Å². The van der Waals surface area contributed by atoms with Crippen molar-refractivity contribution >= 4 is 16.3 Å². The van der Waals surface area contributed by atoms with E-state index in [1.165, 1.54) is 21.9 Å². The molecule has 74 valence electrons. The molecular weight excluding hydrogens is 202 g/mol. The van der Waals surface area contributed by atoms with Gasteiger partial charge in [-0.1, -0.05) is 11.3 Å². The molecule has 2 rings (SSSR count). The maximum absolute atomic E-state index is 11.5. The molecule has 0 atom stereocenters. The summed E-state index contributed by atoms with van der Waals surface area (Å²) >= 11 is 1.37. The first-order valence-electron chi connectivity index (χ1n) is 4.21. The number of rotatable bonds is 2. The van der Waals surface area contributed by atoms with Crippen LogP contribution >= 0.6 is 11.3 Å². The van der Waals surface area contributed by atoms with Crippen molar-refractivity contribution in [1.82, 2.24) is 14.6 Å². The molecule has 0 aromatic carbocycles. The molecule has 0 amide bonds. The van der Waals surface area contributed by atoms with Crippen LogP contribution in [0.5, 0.6) is 5.88 Å². The Bertz CT molecular complexity index is 517. The van der Waals surface area contributed by atoms with E-state index in [2.05, 4.69) is 10.1 Å². The Kier molecular flexibility index (Phi) is 2.20. The second-order valence-electron chi connectivity index (χ2n) is 2.68. The van der Waals surface area contributed by atoms with Gasteiger partial charge in [-0.25, -0.2) is 0 Å². The zero-order valence-corrected chi connectivity index (χ0v) is 8.67. The fourth-order valence-electron chi connectivity index (χ4n) is 1.11. The molecule has 0 saturated heterocycles. The van der Waals surface area contributed by atoms with E-state index in [1.807, 2.05) is 13.8 Å². The monoisotopic (exact) mass is 211 g/mol. The minimum atomic E-state index is -0.206. The highest BCUT2D eigenvalue weighted by molar-refractivity contribution is 7.16. The van der Waals surface area contributed by atoms with Gasteiger partial charge in [0.15, 0.2) is 0 Å². The summed E-state index contributed by atoms with van der Waals surface area (Å²) in [4.78, 5) is 16.2. The van der Waals surface area contributed by atoms with Crippen LogP contribution in [-0.2, 0) is 0 Å². The molecule has 0 aliphatic heterocycles. The van der Waals surface area contributed by atoms with Crippen molar-refractivity contribution in [3.8, 4) is 5.88 Å². The van der Waals surface area contributed by atoms with Gasteiger partial charge in [0.05, 0.1) is 12.7 Å². The van der Waals surface area contributed by atoms with E-state index >= 15 is 0 Å². The molecule has 5 nitrogen and oxygen atoms in total. The van der Waals surface area contributed by atoms with Crippen molar-refractivity contribution in [1.29, 1.82) is 0 Å². The van der Waals surface area contributed by atoms with Gasteiger partial charge in [-0.3, -0.25) is 4.79 Å². The van der Waals surface area contributed by atoms with Gasteiger partial charge >= 0.3 is 0 Å². The number of fused-ring (bicyclic) bond motifs is 1. The largest absolute Gasteiger partial charge is 0.478 e. The normalized spacial score (nSPS) is 10.7. The standard InChI is InChI=1S/C8H9N3O2S/c1-3-13-6-4-7(12)11-8(9-6)14-5(2)10-11/h4H,3H2,1-2H3. The van der Waals surface area contributed by atoms with Crippen LogP contribution in [0.2, 0.25) is 0 Å². The lowest BCUT2D eigenvalue weighted by Crippen LogP contribution is -2.14. The summed E-state index contributed by atoms with van der Waals surface area (Å²) in [6.45, 7) is 4.18. The first-order chi connectivity index (χ1) is 6.70. The second-order valence-corrected chi connectivity index (χ2v) is 3.84. The molecule has 0 aliphatic rings. The van der Waals surface area contributed by atoms with Gasteiger partial charge in [0, 0.05) is 0 Å². The van der Waals surface area contributed by atoms with Gasteiger partial charge in [-0.2, -0.15) is 14.6 Å². The molecule has 0 unspecified atom stereocenters. The number of ether oxygens (including phenoxy) is 1. The van der Waals surface area contributed by atoms with Crippen molar-refractivity contribution in [2.75, 3.05) is 6.61 Å². The number of nitrogens with zero attached hydrogens (tertiary/aromatic N) is 3. The smallest absolute Gasteiger partial charge is 0.278 e. The van der Waals surface area contributed by atoms with Gasteiger partial charge in [0.1, 0.15) is 5.01 Å². The minimum absolute atomic E-state index is 0.206. The van der Waals surface area contributed by atoms with Gasteiger partial charge in [-0.05, 0) is 13.8 Å². The van der Waals surface area contributed by atoms with E-state index in [1.54, 1.807) is 0 Å². The molecule has 0 saturated carbocycles. The quantitative estimate of drug-likeness (QED) is 0.739. The zero-order valence-electron chi connectivity index (χ0n) is 7.85. The molecule has 0 radical (unpaired) electrons. The van der Waals surface area contributed by atoms with Crippen molar-refractivity contribution < 1.29 is 4.74 Å². The fourth-order valence-corrected chi connectivity index (χ4v) is 1.85. The summed E-state index contributed by atoms with van der Waals surface area (Å²) in [6.07, 6.45) is 0. The van der Waals surface area contributed by atoms with Crippen LogP contribution in [0, 0.1) is 6.92 Å². The Balaban J connectivity index is 2.65. The number of hydrogen-bond acceptors (Lipinski definition) is 5. The molecule has 2 aromatic heterocycles. The molecule has 0 N–H and O–H groups in total. The first-order valence-corrected chi connectivity index (χ1v) is 5.02. The topological polar surface area (TPSA) is 56.5 Å². The molecular formula is C8H9N3O2S. The molecule has 2 aromatic rings. The predicted molar refractivity (Wildman–Crippen MR) is 53.0 cm³/mol. The molecule has 2 heterocycles. The average molecular weight is 211 g/mol. The Labute approximate surface area is 84.0 Å². The zero-order chi connectivity index (χ0) is 10.1. The van der Waals surface area contributed by atoms with E-state index < -0.39 is 0 Å². The molecule has 0 bridgehead atoms. The highest BCUT2D eigenvalue weighted by Crippen LogP contribution is 2.12. The van der Waals surface area contributed by atoms with Gasteiger partial charge in [0.2, 0.25) is 10.8 Å². The van der Waals surface area contributed by atoms with E-state index in [9.17, 15) is 4.79 Å². The summed E-state index contributed by atoms with van der Waals surface area (Å²) in [5, 5.41) is 4.83. The van der Waals surface area contributed by atoms with Crippen LogP contribution in [0.4, 0.5) is 0 Å².